The molecule has 0 aromatic carbocycles. The van der Waals surface area contributed by atoms with Gasteiger partial charge < -0.3 is 15.8 Å². The van der Waals surface area contributed by atoms with Gasteiger partial charge in [-0.05, 0) is 46.3 Å². The third-order valence-corrected chi connectivity index (χ3v) is 5.75. The molecule has 0 saturated heterocycles. The number of amides is 2. The lowest BCUT2D eigenvalue weighted by atomic mass is 9.95. The fourth-order valence-electron chi connectivity index (χ4n) is 3.30. The smallest absolute Gasteiger partial charge is 0.413 e. The van der Waals surface area contributed by atoms with Gasteiger partial charge in [0.05, 0.1) is 11.7 Å². The number of nitrogens with one attached hydrogen (secondary N) is 2. The number of dihydropyridines is 1. The van der Waals surface area contributed by atoms with Crippen molar-refractivity contribution in [1.82, 2.24) is 15.2 Å². The highest BCUT2D eigenvalue weighted by Gasteiger charge is 2.30. The van der Waals surface area contributed by atoms with E-state index >= 15 is 0 Å². The molecule has 2 amide bonds. The minimum atomic E-state index is -0.729. The van der Waals surface area contributed by atoms with Crippen molar-refractivity contribution in [3.8, 4) is 0 Å². The quantitative estimate of drug-likeness (QED) is 0.428. The summed E-state index contributed by atoms with van der Waals surface area (Å²) in [5.74, 6) is 0.140. The maximum Gasteiger partial charge on any atom is 0.413 e. The third kappa shape index (κ3) is 6.28. The molecule has 1 atom stereocenters. The number of carbonyl (C=O) groups is 2. The molecule has 4 N–H and O–H groups in total. The summed E-state index contributed by atoms with van der Waals surface area (Å²) < 4.78 is 6.78. The van der Waals surface area contributed by atoms with Gasteiger partial charge in [0.15, 0.2) is 5.84 Å². The van der Waals surface area contributed by atoms with Gasteiger partial charge in [-0.2, -0.15) is 0 Å². The maximum atomic E-state index is 13.4. The Bertz CT molecular complexity index is 1080. The number of hydrogen-bond acceptors (Lipinski definition) is 7. The van der Waals surface area contributed by atoms with Crippen molar-refractivity contribution < 1.29 is 14.3 Å². The fraction of sp³-hybridized carbons (Fsp3) is 0.478. The molecule has 2 rings (SSSR count). The van der Waals surface area contributed by atoms with Crippen molar-refractivity contribution in [2.24, 2.45) is 4.99 Å². The minimum absolute atomic E-state index is 0.0886. The summed E-state index contributed by atoms with van der Waals surface area (Å²) in [6, 6.07) is 1.43. The zero-order valence-corrected chi connectivity index (χ0v) is 21.1. The predicted molar refractivity (Wildman–Crippen MR) is 134 cm³/mol. The molecule has 33 heavy (non-hydrogen) atoms. The summed E-state index contributed by atoms with van der Waals surface area (Å²) in [6.45, 7) is 17.0. The van der Waals surface area contributed by atoms with Crippen LogP contribution in [0.15, 0.2) is 38.5 Å². The second-order valence-corrected chi connectivity index (χ2v) is 10.6. The first-order valence-corrected chi connectivity index (χ1v) is 11.5. The van der Waals surface area contributed by atoms with Gasteiger partial charge in [-0.3, -0.25) is 24.5 Å². The van der Waals surface area contributed by atoms with E-state index in [1.165, 1.54) is 16.3 Å². The van der Waals surface area contributed by atoms with Gasteiger partial charge in [-0.1, -0.05) is 20.4 Å². The Kier molecular flexibility index (Phi) is 8.18. The number of alkyl carbamates (subject to hydrolysis) is 1. The average Bonchev–Trinajstić information content (AvgIpc) is 2.67. The Morgan fingerprint density at radius 2 is 2.06 bits per heavy atom. The number of nitrogen functional groups attached to an aromatic ring is 1. The highest BCUT2D eigenvalue weighted by atomic mass is 32.2. The van der Waals surface area contributed by atoms with Crippen LogP contribution < -0.4 is 21.9 Å². The van der Waals surface area contributed by atoms with Crippen LogP contribution in [0.1, 0.15) is 47.2 Å². The molecule has 1 unspecified atom stereocenters. The number of rotatable bonds is 6. The number of anilines is 1. The molecule has 1 aromatic rings. The number of aromatic nitrogens is 1. The fourth-order valence-corrected chi connectivity index (χ4v) is 4.26. The summed E-state index contributed by atoms with van der Waals surface area (Å²) in [5.41, 5.74) is 7.20. The first kappa shape index (κ1) is 26.2. The molecule has 0 saturated carbocycles. The van der Waals surface area contributed by atoms with Crippen molar-refractivity contribution in [2.45, 2.75) is 70.3 Å². The topological polar surface area (TPSA) is 128 Å². The Morgan fingerprint density at radius 3 is 2.61 bits per heavy atom. The van der Waals surface area contributed by atoms with Gasteiger partial charge in [-0.15, -0.1) is 11.8 Å². The zero-order valence-electron chi connectivity index (χ0n) is 20.2. The number of pyridine rings is 1. The molecule has 1 aromatic heterocycles. The SMILES string of the molecule is C=C1C(CNC=O)=C(n2c(C)cc(SC(C)C)c(N)c2=O)C(NC(=O)OC(C)(C)C)=NC1C. The molecule has 1 aliphatic heterocycles. The number of aliphatic imine (C=N–C) groups is 1. The van der Waals surface area contributed by atoms with E-state index in [0.717, 1.165) is 0 Å². The average molecular weight is 476 g/mol. The van der Waals surface area contributed by atoms with Crippen LogP contribution in [0.2, 0.25) is 0 Å². The first-order chi connectivity index (χ1) is 15.3. The van der Waals surface area contributed by atoms with E-state index in [4.69, 9.17) is 10.5 Å². The van der Waals surface area contributed by atoms with E-state index in [-0.39, 0.29) is 23.3 Å². The highest BCUT2D eigenvalue weighted by molar-refractivity contribution is 8.00. The van der Waals surface area contributed by atoms with Gasteiger partial charge in [0.2, 0.25) is 6.41 Å². The highest BCUT2D eigenvalue weighted by Crippen LogP contribution is 2.31. The Morgan fingerprint density at radius 1 is 1.42 bits per heavy atom. The van der Waals surface area contributed by atoms with Crippen LogP contribution in [0, 0.1) is 6.92 Å². The van der Waals surface area contributed by atoms with Crippen molar-refractivity contribution in [3.63, 3.8) is 0 Å². The normalized spacial score (nSPS) is 16.5. The van der Waals surface area contributed by atoms with Crippen molar-refractivity contribution in [2.75, 3.05) is 12.3 Å². The molecule has 0 radical (unpaired) electrons. The predicted octanol–water partition coefficient (Wildman–Crippen LogP) is 3.08. The number of ether oxygens (including phenoxy) is 1. The van der Waals surface area contributed by atoms with Crippen molar-refractivity contribution in [1.29, 1.82) is 0 Å². The third-order valence-electron chi connectivity index (χ3n) is 4.68. The van der Waals surface area contributed by atoms with E-state index in [0.29, 0.717) is 33.8 Å². The number of carbonyl (C=O) groups excluding carboxylic acids is 2. The van der Waals surface area contributed by atoms with Gasteiger partial charge in [0.1, 0.15) is 11.3 Å². The molecule has 0 aliphatic carbocycles. The molecule has 0 spiro atoms. The number of nitrogens with zero attached hydrogens (tertiary/aromatic N) is 2. The van der Waals surface area contributed by atoms with Crippen LogP contribution in [-0.2, 0) is 9.53 Å². The van der Waals surface area contributed by atoms with Crippen molar-refractivity contribution in [3.05, 3.63) is 39.8 Å². The maximum absolute atomic E-state index is 13.4. The molecular weight excluding hydrogens is 442 g/mol. The van der Waals surface area contributed by atoms with E-state index in [9.17, 15) is 14.4 Å². The lowest BCUT2D eigenvalue weighted by Gasteiger charge is -2.29. The van der Waals surface area contributed by atoms with Crippen LogP contribution in [0.4, 0.5) is 10.5 Å². The van der Waals surface area contributed by atoms with Crippen molar-refractivity contribution >= 4 is 41.5 Å². The van der Waals surface area contributed by atoms with Crippen LogP contribution in [-0.4, -0.2) is 46.3 Å². The first-order valence-electron chi connectivity index (χ1n) is 10.6. The van der Waals surface area contributed by atoms with E-state index < -0.39 is 23.3 Å². The van der Waals surface area contributed by atoms with Gasteiger partial charge >= 0.3 is 6.09 Å². The summed E-state index contributed by atoms with van der Waals surface area (Å²) >= 11 is 1.49. The van der Waals surface area contributed by atoms with Gasteiger partial charge in [0.25, 0.3) is 5.56 Å². The molecule has 180 valence electrons. The minimum Gasteiger partial charge on any atom is -0.444 e. The molecular formula is C23H33N5O4S. The second kappa shape index (κ2) is 10.3. The molecule has 9 nitrogen and oxygen atoms in total. The van der Waals surface area contributed by atoms with E-state index in [1.54, 1.807) is 27.7 Å². The zero-order chi connectivity index (χ0) is 25.1. The standard InChI is InChI=1S/C23H33N5O4S/c1-12(2)33-17-9-13(3)28(21(30)18(17)24)19-16(10-25-11-29)14(4)15(5)26-20(19)27-22(31)32-23(6,7)8/h9,11-12,15H,4,10,24H2,1-3,5-8H3,(H,25,29)(H,26,27,31). The summed E-state index contributed by atoms with van der Waals surface area (Å²) in [5, 5.41) is 5.52. The van der Waals surface area contributed by atoms with Crippen LogP contribution in [0.5, 0.6) is 0 Å². The Hall–Kier alpha value is -3.01. The molecule has 2 heterocycles. The van der Waals surface area contributed by atoms with Gasteiger partial charge in [-0.25, -0.2) is 4.79 Å². The largest absolute Gasteiger partial charge is 0.444 e. The van der Waals surface area contributed by atoms with E-state index in [2.05, 4.69) is 22.2 Å². The Labute approximate surface area is 198 Å². The number of thioether (sulfide) groups is 1. The number of nitrogens with two attached hydrogens (primary N) is 1. The second-order valence-electron chi connectivity index (χ2n) is 9.00. The summed E-state index contributed by atoms with van der Waals surface area (Å²) in [4.78, 5) is 42.3. The summed E-state index contributed by atoms with van der Waals surface area (Å²) in [7, 11) is 0. The lowest BCUT2D eigenvalue weighted by Crippen LogP contribution is -2.43. The molecule has 10 heteroatoms. The summed E-state index contributed by atoms with van der Waals surface area (Å²) in [6.07, 6.45) is -0.159. The molecule has 0 bridgehead atoms. The molecule has 0 fully saturated rings. The van der Waals surface area contributed by atoms with Crippen LogP contribution >= 0.6 is 11.8 Å². The van der Waals surface area contributed by atoms with Crippen LogP contribution in [0.25, 0.3) is 5.70 Å². The number of amidine groups is 1. The Balaban J connectivity index is 2.74. The molecule has 1 aliphatic rings. The monoisotopic (exact) mass is 475 g/mol. The van der Waals surface area contributed by atoms with Gasteiger partial charge in [0, 0.05) is 28.0 Å². The number of aryl methyl sites for hydroxylation is 1. The number of hydrogen-bond donors (Lipinski definition) is 3. The lowest BCUT2D eigenvalue weighted by molar-refractivity contribution is -0.109. The van der Waals surface area contributed by atoms with E-state index in [1.807, 2.05) is 26.8 Å². The van der Waals surface area contributed by atoms with Crippen LogP contribution in [0.3, 0.4) is 0 Å².